The van der Waals surface area contributed by atoms with Crippen LogP contribution in [0.3, 0.4) is 0 Å². The lowest BCUT2D eigenvalue weighted by Crippen LogP contribution is -2.09. The van der Waals surface area contributed by atoms with E-state index in [2.05, 4.69) is 15.5 Å². The Labute approximate surface area is 137 Å². The third-order valence-electron chi connectivity index (χ3n) is 4.48. The number of H-pyrrole nitrogens is 1. The molecule has 3 heterocycles. The number of ether oxygens (including phenoxy) is 2. The van der Waals surface area contributed by atoms with E-state index in [9.17, 15) is 0 Å². The van der Waals surface area contributed by atoms with E-state index >= 15 is 0 Å². The SMILES string of the molecule is Clc1cccc(Nc2n[nH]c3c2C2=C(C=C4OCCC42)OC3)c1. The maximum Gasteiger partial charge on any atom is 0.160 e. The van der Waals surface area contributed by atoms with Crippen LogP contribution in [0.1, 0.15) is 17.7 Å². The van der Waals surface area contributed by atoms with Crippen molar-refractivity contribution >= 4 is 28.7 Å². The number of halogens is 1. The number of anilines is 2. The van der Waals surface area contributed by atoms with E-state index in [0.717, 1.165) is 47.3 Å². The van der Waals surface area contributed by atoms with Gasteiger partial charge >= 0.3 is 0 Å². The molecule has 3 aliphatic rings. The Morgan fingerprint density at radius 1 is 1.30 bits per heavy atom. The summed E-state index contributed by atoms with van der Waals surface area (Å²) in [5.41, 5.74) is 4.19. The molecule has 1 aromatic heterocycles. The Morgan fingerprint density at radius 2 is 2.26 bits per heavy atom. The van der Waals surface area contributed by atoms with Crippen LogP contribution in [0.4, 0.5) is 11.5 Å². The van der Waals surface area contributed by atoms with Crippen molar-refractivity contribution in [2.24, 2.45) is 5.92 Å². The summed E-state index contributed by atoms with van der Waals surface area (Å²) in [6.07, 6.45) is 3.00. The first kappa shape index (κ1) is 13.1. The van der Waals surface area contributed by atoms with Crippen molar-refractivity contribution < 1.29 is 9.47 Å². The van der Waals surface area contributed by atoms with Crippen LogP contribution in [0.25, 0.3) is 5.57 Å². The number of hydrogen-bond acceptors (Lipinski definition) is 4. The number of nitrogens with zero attached hydrogens (tertiary/aromatic N) is 1. The predicted octanol–water partition coefficient (Wildman–Crippen LogP) is 3.98. The molecule has 1 saturated heterocycles. The lowest BCUT2D eigenvalue weighted by Gasteiger charge is -2.19. The van der Waals surface area contributed by atoms with E-state index in [1.807, 2.05) is 30.3 Å². The summed E-state index contributed by atoms with van der Waals surface area (Å²) in [4.78, 5) is 0. The molecule has 1 unspecified atom stereocenters. The van der Waals surface area contributed by atoms with Gasteiger partial charge in [0.15, 0.2) is 5.82 Å². The molecule has 6 heteroatoms. The van der Waals surface area contributed by atoms with Crippen molar-refractivity contribution in [3.8, 4) is 0 Å². The Hall–Kier alpha value is -2.40. The first-order valence-electron chi connectivity index (χ1n) is 7.61. The number of rotatable bonds is 2. The maximum absolute atomic E-state index is 6.07. The third-order valence-corrected chi connectivity index (χ3v) is 4.71. The lowest BCUT2D eigenvalue weighted by atomic mass is 9.91. The number of benzene rings is 1. The average Bonchev–Trinajstić information content (AvgIpc) is 3.21. The highest BCUT2D eigenvalue weighted by Gasteiger charge is 2.40. The number of hydrogen-bond donors (Lipinski definition) is 2. The van der Waals surface area contributed by atoms with Crippen LogP contribution >= 0.6 is 11.6 Å². The molecule has 2 aliphatic heterocycles. The van der Waals surface area contributed by atoms with E-state index in [4.69, 9.17) is 21.1 Å². The molecule has 1 aromatic carbocycles. The van der Waals surface area contributed by atoms with Crippen molar-refractivity contribution in [2.45, 2.75) is 13.0 Å². The largest absolute Gasteiger partial charge is 0.497 e. The predicted molar refractivity (Wildman–Crippen MR) is 87.2 cm³/mol. The molecular formula is C17H14ClN3O2. The van der Waals surface area contributed by atoms with Crippen molar-refractivity contribution in [1.29, 1.82) is 0 Å². The number of fused-ring (bicyclic) bond motifs is 4. The molecule has 2 aromatic rings. The first-order valence-corrected chi connectivity index (χ1v) is 7.99. The van der Waals surface area contributed by atoms with Crippen molar-refractivity contribution in [2.75, 3.05) is 11.9 Å². The minimum atomic E-state index is 0.279. The van der Waals surface area contributed by atoms with Crippen LogP contribution in [0.2, 0.25) is 5.02 Å². The van der Waals surface area contributed by atoms with Crippen LogP contribution < -0.4 is 5.32 Å². The normalized spacial score (nSPS) is 21.1. The Kier molecular flexibility index (Phi) is 2.73. The molecule has 1 aliphatic carbocycles. The number of allylic oxidation sites excluding steroid dienone is 2. The minimum absolute atomic E-state index is 0.279. The van der Waals surface area contributed by atoms with Gasteiger partial charge in [0.2, 0.25) is 0 Å². The molecule has 116 valence electrons. The topological polar surface area (TPSA) is 59.2 Å². The molecule has 23 heavy (non-hydrogen) atoms. The van der Waals surface area contributed by atoms with Crippen LogP contribution in [0, 0.1) is 5.92 Å². The molecule has 0 bridgehead atoms. The van der Waals surface area contributed by atoms with Gasteiger partial charge in [-0.25, -0.2) is 0 Å². The van der Waals surface area contributed by atoms with Crippen LogP contribution in [-0.2, 0) is 16.1 Å². The molecule has 0 spiro atoms. The smallest absolute Gasteiger partial charge is 0.160 e. The van der Waals surface area contributed by atoms with Crippen molar-refractivity contribution in [3.63, 3.8) is 0 Å². The number of aromatic amines is 1. The van der Waals surface area contributed by atoms with Crippen LogP contribution in [0.15, 0.2) is 41.9 Å². The summed E-state index contributed by atoms with van der Waals surface area (Å²) in [5, 5.41) is 11.6. The molecular weight excluding hydrogens is 314 g/mol. The van der Waals surface area contributed by atoms with Gasteiger partial charge in [-0.3, -0.25) is 5.10 Å². The fourth-order valence-corrected chi connectivity index (χ4v) is 3.67. The van der Waals surface area contributed by atoms with Crippen LogP contribution in [0.5, 0.6) is 0 Å². The fraction of sp³-hybridized carbons (Fsp3) is 0.235. The molecule has 0 saturated carbocycles. The molecule has 0 radical (unpaired) electrons. The van der Waals surface area contributed by atoms with E-state index < -0.39 is 0 Å². The zero-order valence-electron chi connectivity index (χ0n) is 12.2. The van der Waals surface area contributed by atoms with Gasteiger partial charge in [-0.1, -0.05) is 17.7 Å². The zero-order valence-corrected chi connectivity index (χ0v) is 13.0. The van der Waals surface area contributed by atoms with E-state index in [-0.39, 0.29) is 5.92 Å². The van der Waals surface area contributed by atoms with E-state index in [0.29, 0.717) is 11.6 Å². The summed E-state index contributed by atoms with van der Waals surface area (Å²) in [5.74, 6) is 3.01. The van der Waals surface area contributed by atoms with E-state index in [1.165, 1.54) is 5.57 Å². The second-order valence-electron chi connectivity index (χ2n) is 5.86. The highest BCUT2D eigenvalue weighted by Crippen LogP contribution is 2.49. The summed E-state index contributed by atoms with van der Waals surface area (Å²) in [7, 11) is 0. The van der Waals surface area contributed by atoms with Gasteiger partial charge in [0, 0.05) is 28.3 Å². The van der Waals surface area contributed by atoms with Crippen molar-refractivity contribution in [3.05, 3.63) is 58.1 Å². The van der Waals surface area contributed by atoms with E-state index in [1.54, 1.807) is 0 Å². The Morgan fingerprint density at radius 3 is 3.17 bits per heavy atom. The van der Waals surface area contributed by atoms with Gasteiger partial charge in [-0.2, -0.15) is 5.10 Å². The lowest BCUT2D eigenvalue weighted by molar-refractivity contribution is 0.201. The molecule has 0 amide bonds. The van der Waals surface area contributed by atoms with Gasteiger partial charge in [-0.05, 0) is 24.6 Å². The fourth-order valence-electron chi connectivity index (χ4n) is 3.48. The third kappa shape index (κ3) is 1.96. The second kappa shape index (κ2) is 4.80. The molecule has 5 nitrogen and oxygen atoms in total. The van der Waals surface area contributed by atoms with Gasteiger partial charge < -0.3 is 14.8 Å². The standard InChI is InChI=1S/C17H14ClN3O2/c18-9-2-1-3-10(6-9)19-17-16-12(20-21-17)8-23-14-7-13-11(15(14)16)4-5-22-13/h1-3,6-7,11H,4-5,8H2,(H2,19,20,21). The molecule has 1 fully saturated rings. The van der Waals surface area contributed by atoms with Gasteiger partial charge in [-0.15, -0.1) is 0 Å². The van der Waals surface area contributed by atoms with Gasteiger partial charge in [0.25, 0.3) is 0 Å². The summed E-state index contributed by atoms with van der Waals surface area (Å²) in [6, 6.07) is 7.62. The highest BCUT2D eigenvalue weighted by molar-refractivity contribution is 6.30. The Bertz CT molecular complexity index is 868. The minimum Gasteiger partial charge on any atom is -0.497 e. The summed E-state index contributed by atoms with van der Waals surface area (Å²) < 4.78 is 11.6. The summed E-state index contributed by atoms with van der Waals surface area (Å²) >= 11 is 6.07. The quantitative estimate of drug-likeness (QED) is 0.876. The zero-order chi connectivity index (χ0) is 15.4. The number of aromatic nitrogens is 2. The maximum atomic E-state index is 6.07. The molecule has 5 rings (SSSR count). The second-order valence-corrected chi connectivity index (χ2v) is 6.30. The first-order chi connectivity index (χ1) is 11.3. The Balaban J connectivity index is 1.57. The van der Waals surface area contributed by atoms with Crippen LogP contribution in [-0.4, -0.2) is 16.8 Å². The van der Waals surface area contributed by atoms with Gasteiger partial charge in [0.1, 0.15) is 18.1 Å². The highest BCUT2D eigenvalue weighted by atomic mass is 35.5. The van der Waals surface area contributed by atoms with Gasteiger partial charge in [0.05, 0.1) is 17.9 Å². The molecule has 2 N–H and O–H groups in total. The summed E-state index contributed by atoms with van der Waals surface area (Å²) in [6.45, 7) is 1.26. The molecule has 1 atom stereocenters. The number of nitrogens with one attached hydrogen (secondary N) is 2. The average molecular weight is 328 g/mol. The monoisotopic (exact) mass is 327 g/mol. The van der Waals surface area contributed by atoms with Crippen molar-refractivity contribution in [1.82, 2.24) is 10.2 Å².